The summed E-state index contributed by atoms with van der Waals surface area (Å²) >= 11 is 0. The Morgan fingerprint density at radius 1 is 0.536 bits per heavy atom. The Bertz CT molecular complexity index is 658. The molecule has 0 heteroatoms. The van der Waals surface area contributed by atoms with Gasteiger partial charge in [-0.15, -0.1) is 0 Å². The molecular weight excluding hydrogens is 336 g/mol. The van der Waals surface area contributed by atoms with E-state index in [-0.39, 0.29) is 0 Å². The average molecular weight is 379 g/mol. The van der Waals surface area contributed by atoms with Crippen molar-refractivity contribution in [2.24, 2.45) is 0 Å². The van der Waals surface area contributed by atoms with E-state index in [0.717, 1.165) is 0 Å². The van der Waals surface area contributed by atoms with Crippen LogP contribution in [-0.2, 0) is 0 Å². The summed E-state index contributed by atoms with van der Waals surface area (Å²) < 4.78 is 0. The van der Waals surface area contributed by atoms with E-state index in [2.05, 4.69) is 71.0 Å². The van der Waals surface area contributed by atoms with Crippen molar-refractivity contribution in [3.63, 3.8) is 0 Å². The smallest absolute Gasteiger partial charge is 0.00895 e. The molecule has 0 atom stereocenters. The molecule has 0 aliphatic carbocycles. The molecule has 2 aromatic carbocycles. The third kappa shape index (κ3) is 7.12. The summed E-state index contributed by atoms with van der Waals surface area (Å²) in [6, 6.07) is 14.2. The van der Waals surface area contributed by atoms with Crippen molar-refractivity contribution in [1.82, 2.24) is 0 Å². The quantitative estimate of drug-likeness (QED) is 0.323. The molecule has 0 aliphatic rings. The molecule has 0 unspecified atom stereocenters. The van der Waals surface area contributed by atoms with E-state index in [9.17, 15) is 0 Å². The van der Waals surface area contributed by atoms with Crippen molar-refractivity contribution in [2.45, 2.75) is 105 Å². The van der Waals surface area contributed by atoms with Crippen molar-refractivity contribution in [3.8, 4) is 0 Å². The summed E-state index contributed by atoms with van der Waals surface area (Å²) in [7, 11) is 0. The molecule has 0 aromatic heterocycles. The van der Waals surface area contributed by atoms with E-state index in [1.807, 2.05) is 0 Å². The molecule has 2 aromatic rings. The zero-order valence-corrected chi connectivity index (χ0v) is 19.1. The molecule has 0 saturated carbocycles. The van der Waals surface area contributed by atoms with Crippen LogP contribution >= 0.6 is 0 Å². The third-order valence-electron chi connectivity index (χ3n) is 6.46. The van der Waals surface area contributed by atoms with Gasteiger partial charge in [-0.1, -0.05) is 101 Å². The van der Waals surface area contributed by atoms with Crippen molar-refractivity contribution < 1.29 is 0 Å². The van der Waals surface area contributed by atoms with Crippen LogP contribution in [-0.4, -0.2) is 0 Å². The van der Waals surface area contributed by atoms with Crippen molar-refractivity contribution >= 4 is 0 Å². The fourth-order valence-electron chi connectivity index (χ4n) is 4.15. The van der Waals surface area contributed by atoms with Gasteiger partial charge >= 0.3 is 0 Å². The number of hydrogen-bond acceptors (Lipinski definition) is 0. The van der Waals surface area contributed by atoms with Gasteiger partial charge in [-0.3, -0.25) is 0 Å². The van der Waals surface area contributed by atoms with Crippen LogP contribution in [0.5, 0.6) is 0 Å². The second kappa shape index (κ2) is 12.1. The van der Waals surface area contributed by atoms with E-state index in [1.54, 1.807) is 0 Å². The number of hydrogen-bond donors (Lipinski definition) is 0. The first kappa shape index (κ1) is 22.7. The number of unbranched alkanes of at least 4 members (excludes halogenated alkanes) is 8. The molecule has 0 N–H and O–H groups in total. The predicted molar refractivity (Wildman–Crippen MR) is 126 cm³/mol. The molecule has 0 aliphatic heterocycles. The molecule has 0 nitrogen and oxygen atoms in total. The molecule has 28 heavy (non-hydrogen) atoms. The Morgan fingerprint density at radius 2 is 0.964 bits per heavy atom. The standard InChI is InChI=1S/C28H42/c1-6-7-8-9-10-11-12-13-14-15-28(26-18-16-22(2)24(4)20-26)27-19-17-23(3)25(5)21-27/h16-21,28H,6-15H2,1-5H3. The third-order valence-corrected chi connectivity index (χ3v) is 6.46. The van der Waals surface area contributed by atoms with Crippen molar-refractivity contribution in [2.75, 3.05) is 0 Å². The van der Waals surface area contributed by atoms with Gasteiger partial charge in [0.25, 0.3) is 0 Å². The SMILES string of the molecule is CCCCCCCCCCCC(c1ccc(C)c(C)c1)c1ccc(C)c(C)c1. The minimum Gasteiger partial charge on any atom is -0.0654 e. The van der Waals surface area contributed by atoms with Crippen molar-refractivity contribution in [3.05, 3.63) is 69.8 Å². The maximum atomic E-state index is 2.42. The largest absolute Gasteiger partial charge is 0.0654 e. The normalized spacial score (nSPS) is 11.4. The Balaban J connectivity index is 1.95. The highest BCUT2D eigenvalue weighted by atomic mass is 14.2. The number of aryl methyl sites for hydroxylation is 4. The molecule has 0 amide bonds. The van der Waals surface area contributed by atoms with Gasteiger partial charge in [0.1, 0.15) is 0 Å². The van der Waals surface area contributed by atoms with E-state index in [0.29, 0.717) is 5.92 Å². The molecule has 154 valence electrons. The lowest BCUT2D eigenvalue weighted by atomic mass is 9.84. The molecular formula is C28H42. The average Bonchev–Trinajstić information content (AvgIpc) is 2.68. The van der Waals surface area contributed by atoms with Crippen LogP contribution in [0.2, 0.25) is 0 Å². The van der Waals surface area contributed by atoms with Gasteiger partial charge in [0.05, 0.1) is 0 Å². The second-order valence-electron chi connectivity index (χ2n) is 8.86. The predicted octanol–water partition coefficient (Wildman–Crippen LogP) is 8.97. The monoisotopic (exact) mass is 378 g/mol. The molecule has 0 bridgehead atoms. The van der Waals surface area contributed by atoms with Gasteiger partial charge in [0.2, 0.25) is 0 Å². The van der Waals surface area contributed by atoms with Crippen LogP contribution in [0.1, 0.15) is 110 Å². The molecule has 0 saturated heterocycles. The van der Waals surface area contributed by atoms with Gasteiger partial charge < -0.3 is 0 Å². The summed E-state index contributed by atoms with van der Waals surface area (Å²) in [5.41, 5.74) is 8.60. The zero-order valence-electron chi connectivity index (χ0n) is 19.1. The number of rotatable bonds is 12. The molecule has 0 fully saturated rings. The van der Waals surface area contributed by atoms with Crippen LogP contribution in [0, 0.1) is 27.7 Å². The maximum absolute atomic E-state index is 2.42. The summed E-state index contributed by atoms with van der Waals surface area (Å²) in [6.45, 7) is 11.2. The van der Waals surface area contributed by atoms with Gasteiger partial charge in [0, 0.05) is 5.92 Å². The van der Waals surface area contributed by atoms with Gasteiger partial charge in [0.15, 0.2) is 0 Å². The minimum atomic E-state index is 0.531. The molecule has 2 rings (SSSR count). The Hall–Kier alpha value is -1.56. The fraction of sp³-hybridized carbons (Fsp3) is 0.571. The van der Waals surface area contributed by atoms with Crippen LogP contribution < -0.4 is 0 Å². The van der Waals surface area contributed by atoms with Crippen LogP contribution in [0.25, 0.3) is 0 Å². The highest BCUT2D eigenvalue weighted by Crippen LogP contribution is 2.32. The van der Waals surface area contributed by atoms with Crippen molar-refractivity contribution in [1.29, 1.82) is 0 Å². The second-order valence-corrected chi connectivity index (χ2v) is 8.86. The molecule has 0 spiro atoms. The van der Waals surface area contributed by atoms with E-state index >= 15 is 0 Å². The maximum Gasteiger partial charge on any atom is 0.00895 e. The van der Waals surface area contributed by atoms with Crippen LogP contribution in [0.4, 0.5) is 0 Å². The van der Waals surface area contributed by atoms with Crippen LogP contribution in [0.15, 0.2) is 36.4 Å². The summed E-state index contributed by atoms with van der Waals surface area (Å²) in [4.78, 5) is 0. The lowest BCUT2D eigenvalue weighted by Gasteiger charge is -2.20. The van der Waals surface area contributed by atoms with Gasteiger partial charge in [-0.25, -0.2) is 0 Å². The van der Waals surface area contributed by atoms with Gasteiger partial charge in [-0.05, 0) is 67.5 Å². The summed E-state index contributed by atoms with van der Waals surface area (Å²) in [5.74, 6) is 0.531. The Kier molecular flexibility index (Phi) is 9.82. The first-order valence-electron chi connectivity index (χ1n) is 11.7. The summed E-state index contributed by atoms with van der Waals surface area (Å²) in [6.07, 6.45) is 13.8. The first-order chi connectivity index (χ1) is 13.5. The lowest BCUT2D eigenvalue weighted by molar-refractivity contribution is 0.545. The lowest BCUT2D eigenvalue weighted by Crippen LogP contribution is -2.03. The molecule has 0 heterocycles. The Morgan fingerprint density at radius 3 is 1.39 bits per heavy atom. The van der Waals surface area contributed by atoms with E-state index in [4.69, 9.17) is 0 Å². The van der Waals surface area contributed by atoms with E-state index in [1.165, 1.54) is 97.6 Å². The fourth-order valence-corrected chi connectivity index (χ4v) is 4.15. The molecule has 0 radical (unpaired) electrons. The minimum absolute atomic E-state index is 0.531. The highest BCUT2D eigenvalue weighted by molar-refractivity contribution is 5.40. The topological polar surface area (TPSA) is 0 Å². The van der Waals surface area contributed by atoms with Gasteiger partial charge in [-0.2, -0.15) is 0 Å². The first-order valence-corrected chi connectivity index (χ1v) is 11.7. The Labute approximate surface area is 174 Å². The number of benzene rings is 2. The van der Waals surface area contributed by atoms with Crippen LogP contribution in [0.3, 0.4) is 0 Å². The van der Waals surface area contributed by atoms with E-state index < -0.39 is 0 Å². The zero-order chi connectivity index (χ0) is 20.4. The summed E-state index contributed by atoms with van der Waals surface area (Å²) in [5, 5.41) is 0. The highest BCUT2D eigenvalue weighted by Gasteiger charge is 2.15.